The zero-order chi connectivity index (χ0) is 23.6. The Labute approximate surface area is 215 Å². The Bertz CT molecular complexity index is 762. The number of aliphatic imine (C=N–C) groups is 1. The van der Waals surface area contributed by atoms with E-state index in [1.807, 2.05) is 45.9 Å². The van der Waals surface area contributed by atoms with Gasteiger partial charge in [-0.25, -0.2) is 9.79 Å². The number of nitrogens with zero attached hydrogens (tertiary/aromatic N) is 3. The quantitative estimate of drug-likeness (QED) is 0.279. The minimum Gasteiger partial charge on any atom is -0.493 e. The normalized spacial score (nSPS) is 14.8. The number of amides is 1. The molecule has 1 heterocycles. The summed E-state index contributed by atoms with van der Waals surface area (Å²) in [6.45, 7) is 13.7. The fourth-order valence-electron chi connectivity index (χ4n) is 3.30. The Morgan fingerprint density at radius 2 is 1.73 bits per heavy atom. The van der Waals surface area contributed by atoms with Crippen molar-refractivity contribution in [1.82, 2.24) is 20.4 Å². The lowest BCUT2D eigenvalue weighted by molar-refractivity contribution is 0.0147. The summed E-state index contributed by atoms with van der Waals surface area (Å²) in [5, 5.41) is 6.67. The Morgan fingerprint density at radius 3 is 2.30 bits per heavy atom. The number of piperazine rings is 1. The first-order valence-electron chi connectivity index (χ1n) is 11.2. The van der Waals surface area contributed by atoms with Crippen LogP contribution in [0.2, 0.25) is 0 Å². The Hall–Kier alpha value is -1.95. The third kappa shape index (κ3) is 10.2. The summed E-state index contributed by atoms with van der Waals surface area (Å²) in [4.78, 5) is 21.0. The highest BCUT2D eigenvalue weighted by molar-refractivity contribution is 14.0. The summed E-state index contributed by atoms with van der Waals surface area (Å²) in [5.74, 6) is 2.18. The Balaban J connectivity index is 0.00000544. The van der Waals surface area contributed by atoms with Gasteiger partial charge in [0, 0.05) is 45.8 Å². The van der Waals surface area contributed by atoms with Crippen LogP contribution in [0.1, 0.15) is 33.3 Å². The SMILES string of the molecule is CCNC(=NCc1ccc(OC)c(OC)c1)NCCN1CCN(C(=O)OC(C)(C)C)CC1.I. The topological polar surface area (TPSA) is 87.7 Å². The molecule has 1 saturated heterocycles. The molecule has 0 radical (unpaired) electrons. The van der Waals surface area contributed by atoms with E-state index in [2.05, 4.69) is 20.5 Å². The number of carbonyl (C=O) groups excluding carboxylic acids is 1. The van der Waals surface area contributed by atoms with E-state index in [0.29, 0.717) is 31.1 Å². The maximum Gasteiger partial charge on any atom is 0.410 e. The zero-order valence-electron chi connectivity index (χ0n) is 20.8. The van der Waals surface area contributed by atoms with Crippen LogP contribution in [0, 0.1) is 0 Å². The first kappa shape index (κ1) is 29.1. The molecule has 9 nitrogen and oxygen atoms in total. The minimum absolute atomic E-state index is 0. The van der Waals surface area contributed by atoms with E-state index in [1.54, 1.807) is 19.1 Å². The summed E-state index contributed by atoms with van der Waals surface area (Å²) >= 11 is 0. The van der Waals surface area contributed by atoms with E-state index < -0.39 is 5.60 Å². The molecule has 0 saturated carbocycles. The average Bonchev–Trinajstić information content (AvgIpc) is 2.76. The molecule has 1 aliphatic heterocycles. The third-order valence-corrected chi connectivity index (χ3v) is 4.96. The van der Waals surface area contributed by atoms with Crippen LogP contribution in [0.25, 0.3) is 0 Å². The van der Waals surface area contributed by atoms with Gasteiger partial charge < -0.3 is 29.7 Å². The molecular formula is C23H40IN5O4. The molecule has 0 unspecified atom stereocenters. The summed E-state index contributed by atoms with van der Waals surface area (Å²) in [5.41, 5.74) is 0.579. The van der Waals surface area contributed by atoms with E-state index in [-0.39, 0.29) is 30.1 Å². The van der Waals surface area contributed by atoms with Gasteiger partial charge in [-0.1, -0.05) is 6.07 Å². The van der Waals surface area contributed by atoms with Crippen molar-refractivity contribution in [2.75, 3.05) is 60.0 Å². The lowest BCUT2D eigenvalue weighted by Gasteiger charge is -2.35. The molecule has 1 aliphatic rings. The summed E-state index contributed by atoms with van der Waals surface area (Å²) in [7, 11) is 3.25. The van der Waals surface area contributed by atoms with E-state index >= 15 is 0 Å². The van der Waals surface area contributed by atoms with Crippen LogP contribution in [-0.4, -0.2) is 87.5 Å². The summed E-state index contributed by atoms with van der Waals surface area (Å²) < 4.78 is 16.1. The van der Waals surface area contributed by atoms with Crippen molar-refractivity contribution in [2.45, 2.75) is 39.8 Å². The number of benzene rings is 1. The number of hydrogen-bond acceptors (Lipinski definition) is 6. The van der Waals surface area contributed by atoms with Gasteiger partial charge in [-0.2, -0.15) is 0 Å². The molecule has 0 bridgehead atoms. The van der Waals surface area contributed by atoms with Crippen molar-refractivity contribution >= 4 is 36.0 Å². The molecule has 2 N–H and O–H groups in total. The van der Waals surface area contributed by atoms with Crippen LogP contribution in [0.4, 0.5) is 4.79 Å². The van der Waals surface area contributed by atoms with Crippen molar-refractivity contribution in [3.63, 3.8) is 0 Å². The molecule has 1 amide bonds. The average molecular weight is 578 g/mol. The van der Waals surface area contributed by atoms with Crippen molar-refractivity contribution in [3.8, 4) is 11.5 Å². The second-order valence-corrected chi connectivity index (χ2v) is 8.62. The maximum atomic E-state index is 12.2. The second kappa shape index (κ2) is 14.3. The smallest absolute Gasteiger partial charge is 0.410 e. The van der Waals surface area contributed by atoms with Crippen LogP contribution in [0.3, 0.4) is 0 Å². The Morgan fingerprint density at radius 1 is 1.06 bits per heavy atom. The molecule has 1 aromatic rings. The van der Waals surface area contributed by atoms with Gasteiger partial charge in [-0.15, -0.1) is 24.0 Å². The molecular weight excluding hydrogens is 537 g/mol. The highest BCUT2D eigenvalue weighted by atomic mass is 127. The largest absolute Gasteiger partial charge is 0.493 e. The number of carbonyl (C=O) groups is 1. The van der Waals surface area contributed by atoms with Crippen LogP contribution < -0.4 is 20.1 Å². The first-order chi connectivity index (χ1) is 15.3. The molecule has 0 aliphatic carbocycles. The molecule has 188 valence electrons. The van der Waals surface area contributed by atoms with Gasteiger partial charge in [0.05, 0.1) is 20.8 Å². The van der Waals surface area contributed by atoms with Gasteiger partial charge >= 0.3 is 6.09 Å². The van der Waals surface area contributed by atoms with Crippen LogP contribution in [0.15, 0.2) is 23.2 Å². The van der Waals surface area contributed by atoms with Crippen LogP contribution >= 0.6 is 24.0 Å². The second-order valence-electron chi connectivity index (χ2n) is 8.62. The first-order valence-corrected chi connectivity index (χ1v) is 11.2. The number of halogens is 1. The van der Waals surface area contributed by atoms with Crippen molar-refractivity contribution < 1.29 is 19.0 Å². The lowest BCUT2D eigenvalue weighted by Crippen LogP contribution is -2.51. The molecule has 0 spiro atoms. The van der Waals surface area contributed by atoms with Gasteiger partial charge in [-0.05, 0) is 45.4 Å². The number of rotatable bonds is 8. The number of nitrogens with one attached hydrogen (secondary N) is 2. The molecule has 33 heavy (non-hydrogen) atoms. The van der Waals surface area contributed by atoms with Crippen molar-refractivity contribution in [3.05, 3.63) is 23.8 Å². The predicted molar refractivity (Wildman–Crippen MR) is 142 cm³/mol. The molecule has 1 aromatic carbocycles. The predicted octanol–water partition coefficient (Wildman–Crippen LogP) is 2.93. The molecule has 1 fully saturated rings. The van der Waals surface area contributed by atoms with Gasteiger partial charge in [0.25, 0.3) is 0 Å². The number of hydrogen-bond donors (Lipinski definition) is 2. The van der Waals surface area contributed by atoms with Crippen molar-refractivity contribution in [2.24, 2.45) is 4.99 Å². The standard InChI is InChI=1S/C23H39N5O4.HI/c1-7-24-21(26-17-18-8-9-19(30-5)20(16-18)31-6)25-10-11-27-12-14-28(15-13-27)22(29)32-23(2,3)4;/h8-9,16H,7,10-15,17H2,1-6H3,(H2,24,25,26);1H. The highest BCUT2D eigenvalue weighted by Gasteiger charge is 2.25. The van der Waals surface area contributed by atoms with Crippen LogP contribution in [0.5, 0.6) is 11.5 Å². The summed E-state index contributed by atoms with van der Waals surface area (Å²) in [6.07, 6.45) is -0.230. The highest BCUT2D eigenvalue weighted by Crippen LogP contribution is 2.27. The Kier molecular flexibility index (Phi) is 12.6. The lowest BCUT2D eigenvalue weighted by atomic mass is 10.2. The minimum atomic E-state index is -0.461. The molecule has 0 aromatic heterocycles. The van der Waals surface area contributed by atoms with E-state index in [4.69, 9.17) is 14.2 Å². The van der Waals surface area contributed by atoms with E-state index in [9.17, 15) is 4.79 Å². The summed E-state index contributed by atoms with van der Waals surface area (Å²) in [6, 6.07) is 5.82. The zero-order valence-corrected chi connectivity index (χ0v) is 23.1. The molecule has 0 atom stereocenters. The van der Waals surface area contributed by atoms with E-state index in [0.717, 1.165) is 44.2 Å². The van der Waals surface area contributed by atoms with Gasteiger partial charge in [0.15, 0.2) is 17.5 Å². The number of methoxy groups -OCH3 is 2. The number of ether oxygens (including phenoxy) is 3. The third-order valence-electron chi connectivity index (χ3n) is 4.96. The van der Waals surface area contributed by atoms with E-state index in [1.165, 1.54) is 0 Å². The fraction of sp³-hybridized carbons (Fsp3) is 0.652. The van der Waals surface area contributed by atoms with Gasteiger partial charge in [0.1, 0.15) is 5.60 Å². The number of guanidine groups is 1. The fourth-order valence-corrected chi connectivity index (χ4v) is 3.30. The molecule has 10 heteroatoms. The monoisotopic (exact) mass is 577 g/mol. The van der Waals surface area contributed by atoms with Gasteiger partial charge in [-0.3, -0.25) is 4.90 Å². The maximum absolute atomic E-state index is 12.2. The van der Waals surface area contributed by atoms with Gasteiger partial charge in [0.2, 0.25) is 0 Å². The molecule has 2 rings (SSSR count). The van der Waals surface area contributed by atoms with Crippen molar-refractivity contribution in [1.29, 1.82) is 0 Å². The van der Waals surface area contributed by atoms with Crippen LogP contribution in [-0.2, 0) is 11.3 Å².